The van der Waals surface area contributed by atoms with Gasteiger partial charge in [-0.3, -0.25) is 22.9 Å². The van der Waals surface area contributed by atoms with Crippen molar-refractivity contribution in [3.8, 4) is 71.5 Å². The summed E-state index contributed by atoms with van der Waals surface area (Å²) in [7, 11) is -16.7. The van der Waals surface area contributed by atoms with Gasteiger partial charge in [0.2, 0.25) is 0 Å². The smallest absolute Gasteiger partial charge is 0.456 e. The molecule has 0 bridgehead atoms. The number of esters is 2. The predicted octanol–water partition coefficient (Wildman–Crippen LogP) is 2.13. The SMILES string of the molecule is C#CC#CC#CC#CC#CC#CC(=O)OC[C@H](COP(=O)(O)OC1C(O)[C@H](O)[C@@H](OP(=O)(O)O)C(OP(=O)(O)O)[C@@H]1O)OC(=O)CCCCCCCCCCCCCCC. The minimum atomic E-state index is -5.63. The fraction of sp³-hybridized carbons (Fsp3) is 0.632. The molecule has 1 saturated carbocycles. The molecule has 0 radical (unpaired) electrons. The summed E-state index contributed by atoms with van der Waals surface area (Å²) in [6.07, 6.45) is 1.93. The molecule has 8 atom stereocenters. The quantitative estimate of drug-likeness (QED) is 0.0203. The number of terminal acetylenes is 1. The first kappa shape index (κ1) is 54.5. The lowest BCUT2D eigenvalue weighted by molar-refractivity contribution is -0.213. The molecule has 0 aromatic rings. The molecule has 8 N–H and O–H groups in total. The number of carbonyl (C=O) groups is 2. The monoisotopic (exact) mass is 904 g/mol. The molecule has 0 spiro atoms. The van der Waals surface area contributed by atoms with E-state index >= 15 is 0 Å². The van der Waals surface area contributed by atoms with E-state index in [1.807, 2.05) is 5.92 Å². The van der Waals surface area contributed by atoms with E-state index in [2.05, 4.69) is 75.2 Å². The number of phosphoric acid groups is 3. The Kier molecular flexibility index (Phi) is 27.0. The number of ether oxygens (including phenoxy) is 2. The number of unbranched alkanes of at least 4 members (excludes halogenated alkanes) is 12. The summed E-state index contributed by atoms with van der Waals surface area (Å²) < 4.78 is 64.4. The Labute approximate surface area is 349 Å². The molecule has 0 aliphatic heterocycles. The molecule has 0 aromatic heterocycles. The number of phosphoric ester groups is 3. The molecule has 1 aliphatic carbocycles. The van der Waals surface area contributed by atoms with E-state index in [4.69, 9.17) is 24.9 Å². The van der Waals surface area contributed by atoms with Crippen LogP contribution in [0, 0.1) is 71.5 Å². The third kappa shape index (κ3) is 26.0. The van der Waals surface area contributed by atoms with Crippen LogP contribution in [0.5, 0.6) is 0 Å². The molecular formula is C38H51O19P3. The van der Waals surface area contributed by atoms with E-state index in [0.717, 1.165) is 25.7 Å². The Morgan fingerprint density at radius 2 is 1.02 bits per heavy atom. The van der Waals surface area contributed by atoms with E-state index in [-0.39, 0.29) is 6.42 Å². The van der Waals surface area contributed by atoms with Gasteiger partial charge < -0.3 is 49.3 Å². The van der Waals surface area contributed by atoms with Crippen molar-refractivity contribution in [2.24, 2.45) is 0 Å². The number of hydrogen-bond donors (Lipinski definition) is 8. The van der Waals surface area contributed by atoms with Crippen molar-refractivity contribution in [2.75, 3.05) is 13.2 Å². The molecule has 1 rings (SSSR count). The summed E-state index contributed by atoms with van der Waals surface area (Å²) >= 11 is 0. The van der Waals surface area contributed by atoms with E-state index in [0.29, 0.717) is 12.8 Å². The lowest BCUT2D eigenvalue weighted by atomic mass is 9.85. The van der Waals surface area contributed by atoms with Crippen molar-refractivity contribution in [1.29, 1.82) is 0 Å². The molecule has 19 nitrogen and oxygen atoms in total. The van der Waals surface area contributed by atoms with Gasteiger partial charge in [0.1, 0.15) is 43.2 Å². The fourth-order valence-corrected chi connectivity index (χ4v) is 7.50. The summed E-state index contributed by atoms with van der Waals surface area (Å²) in [4.78, 5) is 72.2. The van der Waals surface area contributed by atoms with Crippen LogP contribution in [-0.2, 0) is 50.9 Å². The lowest BCUT2D eigenvalue weighted by Crippen LogP contribution is -2.65. The Bertz CT molecular complexity index is 1880. The Morgan fingerprint density at radius 1 is 0.583 bits per heavy atom. The second-order valence-electron chi connectivity index (χ2n) is 13.0. The first-order valence-corrected chi connectivity index (χ1v) is 23.4. The Balaban J connectivity index is 2.94. The van der Waals surface area contributed by atoms with Crippen molar-refractivity contribution in [1.82, 2.24) is 0 Å². The van der Waals surface area contributed by atoms with Gasteiger partial charge in [0, 0.05) is 12.3 Å². The molecule has 0 amide bonds. The van der Waals surface area contributed by atoms with Gasteiger partial charge in [-0.05, 0) is 65.6 Å². The number of hydrogen-bond acceptors (Lipinski definition) is 14. The van der Waals surface area contributed by atoms with Crippen LogP contribution in [-0.4, -0.2) is 108 Å². The highest BCUT2D eigenvalue weighted by atomic mass is 31.2. The Hall–Kier alpha value is -3.49. The standard InChI is InChI=1S/C38H51O19P3/c1-3-5-7-9-11-13-15-16-17-19-21-23-25-27-32(40)54-30(28-52-31(39)26-24-22-20-18-14-12-10-8-6-4-2)29-53-60(50,51)57-36-33(41)34(42)37(55-58(44,45)46)38(35(36)43)56-59(47,48)49/h2,30,33-38,41-43H,3,5,7,9,11,13,15-17,19,21,23,25,27-29H2,1H3,(H,50,51)(H2,44,45,46)(H2,47,48,49)/t30-,33?,34+,35-,36?,37-,38?/m1/s1. The molecule has 1 fully saturated rings. The molecule has 4 unspecified atom stereocenters. The summed E-state index contributed by atoms with van der Waals surface area (Å²) in [5.74, 6) is 22.8. The number of carbonyl (C=O) groups excluding carboxylic acids is 2. The van der Waals surface area contributed by atoms with Crippen LogP contribution < -0.4 is 0 Å². The van der Waals surface area contributed by atoms with Crippen LogP contribution in [0.2, 0.25) is 0 Å². The highest BCUT2D eigenvalue weighted by Crippen LogP contribution is 2.51. The third-order valence-electron chi connectivity index (χ3n) is 8.14. The third-order valence-corrected chi connectivity index (χ3v) is 10.2. The second kappa shape index (κ2) is 29.7. The number of aliphatic hydroxyl groups is 3. The topological polar surface area (TPSA) is 303 Å². The average Bonchev–Trinajstić information content (AvgIpc) is 3.16. The zero-order valence-corrected chi connectivity index (χ0v) is 35.5. The zero-order chi connectivity index (χ0) is 45.0. The normalized spacial score (nSPS) is 21.1. The van der Waals surface area contributed by atoms with Gasteiger partial charge in [-0.2, -0.15) is 0 Å². The second-order valence-corrected chi connectivity index (χ2v) is 16.8. The zero-order valence-electron chi connectivity index (χ0n) is 32.8. The van der Waals surface area contributed by atoms with E-state index in [9.17, 15) is 63.1 Å². The van der Waals surface area contributed by atoms with Crippen LogP contribution in [0.15, 0.2) is 0 Å². The molecular weight excluding hydrogens is 853 g/mol. The minimum absolute atomic E-state index is 0.0794. The van der Waals surface area contributed by atoms with Crippen LogP contribution in [0.3, 0.4) is 0 Å². The van der Waals surface area contributed by atoms with Gasteiger partial charge in [0.25, 0.3) is 0 Å². The maximum atomic E-state index is 13.0. The summed E-state index contributed by atoms with van der Waals surface area (Å²) in [5, 5.41) is 31.6. The van der Waals surface area contributed by atoms with Gasteiger partial charge in [-0.1, -0.05) is 84.0 Å². The average molecular weight is 905 g/mol. The number of aliphatic hydroxyl groups excluding tert-OH is 3. The molecule has 0 aromatic carbocycles. The van der Waals surface area contributed by atoms with Gasteiger partial charge in [0.15, 0.2) is 6.10 Å². The Morgan fingerprint density at radius 3 is 1.50 bits per heavy atom. The van der Waals surface area contributed by atoms with Crippen molar-refractivity contribution >= 4 is 35.4 Å². The summed E-state index contributed by atoms with van der Waals surface area (Å²) in [6, 6.07) is 0. The van der Waals surface area contributed by atoms with Crippen molar-refractivity contribution in [3.63, 3.8) is 0 Å². The van der Waals surface area contributed by atoms with Crippen LogP contribution in [0.4, 0.5) is 0 Å². The van der Waals surface area contributed by atoms with Crippen molar-refractivity contribution in [2.45, 2.75) is 140 Å². The van der Waals surface area contributed by atoms with E-state index in [1.54, 1.807) is 0 Å². The molecule has 0 saturated heterocycles. The van der Waals surface area contributed by atoms with Crippen LogP contribution >= 0.6 is 23.5 Å². The largest absolute Gasteiger partial charge is 0.472 e. The molecule has 22 heteroatoms. The maximum Gasteiger partial charge on any atom is 0.472 e. The minimum Gasteiger partial charge on any atom is -0.456 e. The van der Waals surface area contributed by atoms with Gasteiger partial charge >= 0.3 is 35.4 Å². The molecule has 60 heavy (non-hydrogen) atoms. The van der Waals surface area contributed by atoms with Crippen molar-refractivity contribution < 1.29 is 90.6 Å². The van der Waals surface area contributed by atoms with E-state index < -0.39 is 91.3 Å². The maximum absolute atomic E-state index is 13.0. The van der Waals surface area contributed by atoms with Crippen LogP contribution in [0.25, 0.3) is 0 Å². The van der Waals surface area contributed by atoms with Gasteiger partial charge in [0.05, 0.1) is 6.61 Å². The highest BCUT2D eigenvalue weighted by molar-refractivity contribution is 7.47. The first-order chi connectivity index (χ1) is 28.3. The van der Waals surface area contributed by atoms with Gasteiger partial charge in [-0.15, -0.1) is 6.42 Å². The highest BCUT2D eigenvalue weighted by Gasteiger charge is 2.56. The summed E-state index contributed by atoms with van der Waals surface area (Å²) in [5.41, 5.74) is 0. The summed E-state index contributed by atoms with van der Waals surface area (Å²) in [6.45, 7) is 0.365. The van der Waals surface area contributed by atoms with Crippen LogP contribution in [0.1, 0.15) is 96.8 Å². The van der Waals surface area contributed by atoms with Gasteiger partial charge in [-0.25, -0.2) is 18.5 Å². The first-order valence-electron chi connectivity index (χ1n) is 18.8. The fourth-order valence-electron chi connectivity index (χ4n) is 5.40. The van der Waals surface area contributed by atoms with Crippen molar-refractivity contribution in [3.05, 3.63) is 0 Å². The molecule has 332 valence electrons. The predicted molar refractivity (Wildman–Crippen MR) is 211 cm³/mol. The lowest BCUT2D eigenvalue weighted by Gasteiger charge is -2.44. The number of rotatable bonds is 26. The molecule has 1 aliphatic rings. The molecule has 0 heterocycles. The van der Waals surface area contributed by atoms with E-state index in [1.165, 1.54) is 44.9 Å².